The van der Waals surface area contributed by atoms with Crippen LogP contribution in [-0.2, 0) is 4.74 Å². The van der Waals surface area contributed by atoms with Gasteiger partial charge in [-0.15, -0.1) is 0 Å². The fourth-order valence-corrected chi connectivity index (χ4v) is 1.99. The number of likely N-dealkylation sites (N-methyl/N-ethyl adjacent to an activating group) is 1. The van der Waals surface area contributed by atoms with Gasteiger partial charge in [-0.2, -0.15) is 0 Å². The molecule has 0 amide bonds. The second-order valence-corrected chi connectivity index (χ2v) is 4.45. The molecule has 0 bridgehead atoms. The second-order valence-electron chi connectivity index (χ2n) is 4.45. The predicted molar refractivity (Wildman–Crippen MR) is 72.4 cm³/mol. The van der Waals surface area contributed by atoms with Crippen LogP contribution in [0.25, 0.3) is 0 Å². The van der Waals surface area contributed by atoms with Crippen LogP contribution >= 0.6 is 0 Å². The average Bonchev–Trinajstić information content (AvgIpc) is 2.47. The third-order valence-electron chi connectivity index (χ3n) is 3.10. The summed E-state index contributed by atoms with van der Waals surface area (Å²) in [4.78, 5) is 23.2. The lowest BCUT2D eigenvalue weighted by Gasteiger charge is -2.27. The predicted octanol–water partition coefficient (Wildman–Crippen LogP) is -0.560. The van der Waals surface area contributed by atoms with Gasteiger partial charge < -0.3 is 24.7 Å². The van der Waals surface area contributed by atoms with Crippen LogP contribution in [0.3, 0.4) is 0 Å². The number of nitrogens with zero attached hydrogens (tertiary/aromatic N) is 4. The Labute approximate surface area is 116 Å². The Morgan fingerprint density at radius 1 is 1.50 bits per heavy atom. The maximum absolute atomic E-state index is 11.3. The number of hydrogen-bond acceptors (Lipinski definition) is 7. The van der Waals surface area contributed by atoms with Gasteiger partial charge in [-0.1, -0.05) is 0 Å². The van der Waals surface area contributed by atoms with Gasteiger partial charge in [0, 0.05) is 26.7 Å². The molecule has 0 unspecified atom stereocenters. The Kier molecular flexibility index (Phi) is 4.70. The molecule has 20 heavy (non-hydrogen) atoms. The van der Waals surface area contributed by atoms with E-state index in [4.69, 9.17) is 9.84 Å². The number of carbonyl (C=O) groups is 1. The van der Waals surface area contributed by atoms with Crippen LogP contribution < -0.4 is 9.80 Å². The van der Waals surface area contributed by atoms with Crippen molar-refractivity contribution in [1.29, 1.82) is 0 Å². The van der Waals surface area contributed by atoms with Crippen molar-refractivity contribution in [2.24, 2.45) is 0 Å². The standard InChI is InChI=1S/C12H18N4O4/c1-15(2-5-17)9-8-13-12(14-10(9)11(18)19)16-3-6-20-7-4-16/h8,17H,2-7H2,1H3,(H,18,19). The third kappa shape index (κ3) is 3.14. The maximum Gasteiger partial charge on any atom is 0.356 e. The average molecular weight is 282 g/mol. The van der Waals surface area contributed by atoms with E-state index in [1.54, 1.807) is 11.9 Å². The zero-order chi connectivity index (χ0) is 14.5. The number of aromatic carboxylic acids is 1. The Bertz CT molecular complexity index is 477. The van der Waals surface area contributed by atoms with E-state index in [-0.39, 0.29) is 12.3 Å². The van der Waals surface area contributed by atoms with Crippen molar-refractivity contribution >= 4 is 17.6 Å². The van der Waals surface area contributed by atoms with E-state index in [0.29, 0.717) is 44.5 Å². The molecule has 0 saturated carbocycles. The summed E-state index contributed by atoms with van der Waals surface area (Å²) in [6, 6.07) is 0. The minimum Gasteiger partial charge on any atom is -0.476 e. The van der Waals surface area contributed by atoms with Crippen LogP contribution in [0.2, 0.25) is 0 Å². The molecule has 2 heterocycles. The first-order chi connectivity index (χ1) is 9.63. The molecule has 1 saturated heterocycles. The van der Waals surface area contributed by atoms with Crippen molar-refractivity contribution in [3.8, 4) is 0 Å². The number of hydrogen-bond donors (Lipinski definition) is 2. The topological polar surface area (TPSA) is 99.0 Å². The molecule has 0 radical (unpaired) electrons. The molecular formula is C12H18N4O4. The lowest BCUT2D eigenvalue weighted by Crippen LogP contribution is -2.37. The van der Waals surface area contributed by atoms with E-state index < -0.39 is 5.97 Å². The van der Waals surface area contributed by atoms with E-state index in [2.05, 4.69) is 9.97 Å². The minimum atomic E-state index is -1.11. The lowest BCUT2D eigenvalue weighted by atomic mass is 10.3. The van der Waals surface area contributed by atoms with E-state index >= 15 is 0 Å². The number of anilines is 2. The zero-order valence-corrected chi connectivity index (χ0v) is 11.3. The summed E-state index contributed by atoms with van der Waals surface area (Å²) < 4.78 is 5.24. The smallest absolute Gasteiger partial charge is 0.356 e. The molecule has 0 atom stereocenters. The van der Waals surface area contributed by atoms with Crippen molar-refractivity contribution in [3.05, 3.63) is 11.9 Å². The molecule has 1 fully saturated rings. The molecule has 1 aromatic rings. The largest absolute Gasteiger partial charge is 0.476 e. The van der Waals surface area contributed by atoms with Gasteiger partial charge in [-0.05, 0) is 0 Å². The summed E-state index contributed by atoms with van der Waals surface area (Å²) in [7, 11) is 1.69. The Balaban J connectivity index is 2.29. The number of aromatic nitrogens is 2. The summed E-state index contributed by atoms with van der Waals surface area (Å²) in [6.07, 6.45) is 1.48. The molecular weight excluding hydrogens is 264 g/mol. The summed E-state index contributed by atoms with van der Waals surface area (Å²) in [5, 5.41) is 18.2. The van der Waals surface area contributed by atoms with Crippen molar-refractivity contribution in [2.45, 2.75) is 0 Å². The summed E-state index contributed by atoms with van der Waals surface area (Å²) in [5.41, 5.74) is 0.334. The van der Waals surface area contributed by atoms with E-state index in [1.165, 1.54) is 6.20 Å². The van der Waals surface area contributed by atoms with Crippen molar-refractivity contribution < 1.29 is 19.7 Å². The van der Waals surface area contributed by atoms with Gasteiger partial charge in [-0.25, -0.2) is 14.8 Å². The molecule has 110 valence electrons. The first-order valence-electron chi connectivity index (χ1n) is 6.38. The number of carboxylic acid groups (broad SMARTS) is 1. The number of rotatable bonds is 5. The van der Waals surface area contributed by atoms with Crippen LogP contribution in [0.4, 0.5) is 11.6 Å². The molecule has 1 aliphatic rings. The van der Waals surface area contributed by atoms with Gasteiger partial charge >= 0.3 is 5.97 Å². The molecule has 2 rings (SSSR count). The van der Waals surface area contributed by atoms with Crippen LogP contribution in [0.15, 0.2) is 6.20 Å². The van der Waals surface area contributed by atoms with Crippen LogP contribution in [-0.4, -0.2) is 72.7 Å². The number of morpholine rings is 1. The zero-order valence-electron chi connectivity index (χ0n) is 11.3. The van der Waals surface area contributed by atoms with Crippen LogP contribution in [0.1, 0.15) is 10.5 Å². The SMILES string of the molecule is CN(CCO)c1cnc(N2CCOCC2)nc1C(=O)O. The van der Waals surface area contributed by atoms with Crippen LogP contribution in [0.5, 0.6) is 0 Å². The summed E-state index contributed by atoms with van der Waals surface area (Å²) in [6.45, 7) is 2.70. The molecule has 8 heteroatoms. The van der Waals surface area contributed by atoms with Crippen molar-refractivity contribution in [2.75, 3.05) is 56.3 Å². The number of ether oxygens (including phenoxy) is 1. The quantitative estimate of drug-likeness (QED) is 0.741. The minimum absolute atomic E-state index is 0.0579. The third-order valence-corrected chi connectivity index (χ3v) is 3.10. The first-order valence-corrected chi connectivity index (χ1v) is 6.38. The van der Waals surface area contributed by atoms with Gasteiger partial charge in [0.25, 0.3) is 0 Å². The molecule has 0 aliphatic carbocycles. The fraction of sp³-hybridized carbons (Fsp3) is 0.583. The van der Waals surface area contributed by atoms with Gasteiger partial charge in [0.15, 0.2) is 5.69 Å². The highest BCUT2D eigenvalue weighted by Crippen LogP contribution is 2.20. The van der Waals surface area contributed by atoms with Gasteiger partial charge in [0.1, 0.15) is 0 Å². The van der Waals surface area contributed by atoms with Crippen LogP contribution in [0, 0.1) is 0 Å². The van der Waals surface area contributed by atoms with E-state index in [1.807, 2.05) is 4.90 Å². The molecule has 0 aromatic carbocycles. The highest BCUT2D eigenvalue weighted by Gasteiger charge is 2.20. The summed E-state index contributed by atoms with van der Waals surface area (Å²) in [5.74, 6) is -0.714. The first kappa shape index (κ1) is 14.5. The van der Waals surface area contributed by atoms with Gasteiger partial charge in [-0.3, -0.25) is 0 Å². The summed E-state index contributed by atoms with van der Waals surface area (Å²) >= 11 is 0. The Morgan fingerprint density at radius 2 is 2.20 bits per heavy atom. The van der Waals surface area contributed by atoms with Crippen molar-refractivity contribution in [1.82, 2.24) is 9.97 Å². The number of aliphatic hydroxyl groups is 1. The monoisotopic (exact) mass is 282 g/mol. The second kappa shape index (κ2) is 6.49. The molecule has 1 aliphatic heterocycles. The number of aliphatic hydroxyl groups excluding tert-OH is 1. The molecule has 2 N–H and O–H groups in total. The molecule has 0 spiro atoms. The normalized spacial score (nSPS) is 15.2. The Hall–Kier alpha value is -1.93. The Morgan fingerprint density at radius 3 is 2.80 bits per heavy atom. The molecule has 1 aromatic heterocycles. The van der Waals surface area contributed by atoms with Gasteiger partial charge in [0.05, 0.1) is 31.7 Å². The number of carboxylic acids is 1. The van der Waals surface area contributed by atoms with E-state index in [0.717, 1.165) is 0 Å². The molecule has 8 nitrogen and oxygen atoms in total. The van der Waals surface area contributed by atoms with Crippen molar-refractivity contribution in [3.63, 3.8) is 0 Å². The highest BCUT2D eigenvalue weighted by molar-refractivity contribution is 5.92. The van der Waals surface area contributed by atoms with Gasteiger partial charge in [0.2, 0.25) is 5.95 Å². The lowest BCUT2D eigenvalue weighted by molar-refractivity contribution is 0.0691. The van der Waals surface area contributed by atoms with E-state index in [9.17, 15) is 9.90 Å². The highest BCUT2D eigenvalue weighted by atomic mass is 16.5. The maximum atomic E-state index is 11.3. The fourth-order valence-electron chi connectivity index (χ4n) is 1.99.